The van der Waals surface area contributed by atoms with Crippen LogP contribution in [0.2, 0.25) is 0 Å². The third-order valence-electron chi connectivity index (χ3n) is 5.32. The van der Waals surface area contributed by atoms with E-state index in [2.05, 4.69) is 22.2 Å². The lowest BCUT2D eigenvalue weighted by Gasteiger charge is -2.17. The Morgan fingerprint density at radius 1 is 1.22 bits per heavy atom. The zero-order chi connectivity index (χ0) is 26.3. The Labute approximate surface area is 205 Å². The Balaban J connectivity index is 1.61. The molecule has 0 bridgehead atoms. The van der Waals surface area contributed by atoms with E-state index < -0.39 is 28.9 Å². The number of alkyl halides is 3. The molecule has 186 valence electrons. The van der Waals surface area contributed by atoms with Crippen LogP contribution in [-0.4, -0.2) is 23.6 Å². The van der Waals surface area contributed by atoms with Crippen molar-refractivity contribution in [3.8, 4) is 17.6 Å². The molecule has 36 heavy (non-hydrogen) atoms. The maximum absolute atomic E-state index is 13.3. The summed E-state index contributed by atoms with van der Waals surface area (Å²) in [5.41, 5.74) is 3.95. The van der Waals surface area contributed by atoms with Gasteiger partial charge in [-0.25, -0.2) is 0 Å². The molecule has 0 atom stereocenters. The molecule has 2 amide bonds. The fourth-order valence-electron chi connectivity index (χ4n) is 3.20. The highest BCUT2D eigenvalue weighted by atomic mass is 19.4. The number of nitrogens with zero attached hydrogens (tertiary/aromatic N) is 2. The van der Waals surface area contributed by atoms with Crippen LogP contribution in [0.4, 0.5) is 13.2 Å². The Morgan fingerprint density at radius 3 is 2.47 bits per heavy atom. The molecule has 11 heteroatoms. The second kappa shape index (κ2) is 10.8. The highest BCUT2D eigenvalue weighted by Crippen LogP contribution is 2.39. The van der Waals surface area contributed by atoms with Crippen LogP contribution in [0.15, 0.2) is 72.0 Å². The van der Waals surface area contributed by atoms with E-state index in [0.717, 1.165) is 18.3 Å². The topological polar surface area (TPSA) is 130 Å². The van der Waals surface area contributed by atoms with Crippen LogP contribution in [0, 0.1) is 11.3 Å². The van der Waals surface area contributed by atoms with Gasteiger partial charge in [0.15, 0.2) is 0 Å². The van der Waals surface area contributed by atoms with Gasteiger partial charge in [0, 0.05) is 25.2 Å². The Bertz CT molecular complexity index is 1260. The molecule has 0 aromatic heterocycles. The summed E-state index contributed by atoms with van der Waals surface area (Å²) in [6.45, 7) is 3.54. The quantitative estimate of drug-likeness (QED) is 0.359. The fraction of sp³-hybridized carbons (Fsp3) is 0.200. The zero-order valence-electron chi connectivity index (χ0n) is 18.9. The van der Waals surface area contributed by atoms with E-state index in [1.807, 2.05) is 0 Å². The average Bonchev–Trinajstić information content (AvgIpc) is 3.64. The first-order valence-corrected chi connectivity index (χ1v) is 10.7. The van der Waals surface area contributed by atoms with Crippen LogP contribution < -0.4 is 21.1 Å². The van der Waals surface area contributed by atoms with Crippen molar-refractivity contribution >= 4 is 18.0 Å². The Hall–Kier alpha value is -4.59. The summed E-state index contributed by atoms with van der Waals surface area (Å²) in [5, 5.41) is 14.3. The van der Waals surface area contributed by atoms with Crippen LogP contribution in [0.1, 0.15) is 29.5 Å². The minimum atomic E-state index is -4.69. The van der Waals surface area contributed by atoms with Gasteiger partial charge < -0.3 is 21.1 Å². The van der Waals surface area contributed by atoms with Crippen molar-refractivity contribution in [3.63, 3.8) is 0 Å². The number of nitriles is 1. The number of halogens is 3. The monoisotopic (exact) mass is 497 g/mol. The maximum atomic E-state index is 13.3. The first kappa shape index (κ1) is 26.0. The Morgan fingerprint density at radius 2 is 1.92 bits per heavy atom. The number of carbonyl (C=O) groups excluding carboxylic acids is 2. The molecule has 1 saturated carbocycles. The summed E-state index contributed by atoms with van der Waals surface area (Å²) in [6, 6.07) is 10.8. The van der Waals surface area contributed by atoms with Crippen molar-refractivity contribution in [1.29, 1.82) is 5.26 Å². The summed E-state index contributed by atoms with van der Waals surface area (Å²) in [4.78, 5) is 28.8. The molecule has 1 aliphatic rings. The van der Waals surface area contributed by atoms with Gasteiger partial charge in [-0.15, -0.1) is 0 Å². The molecule has 1 fully saturated rings. The lowest BCUT2D eigenvalue weighted by atomic mass is 10.1. The van der Waals surface area contributed by atoms with Crippen LogP contribution in [-0.2, 0) is 22.3 Å². The van der Waals surface area contributed by atoms with E-state index in [0.29, 0.717) is 18.4 Å². The number of hydrogen-bond acceptors (Lipinski definition) is 6. The van der Waals surface area contributed by atoms with Crippen molar-refractivity contribution < 1.29 is 27.5 Å². The van der Waals surface area contributed by atoms with Crippen molar-refractivity contribution in [1.82, 2.24) is 10.6 Å². The van der Waals surface area contributed by atoms with Gasteiger partial charge in [-0.3, -0.25) is 14.6 Å². The number of nitrogens with one attached hydrogen (secondary N) is 2. The molecule has 2 aromatic carbocycles. The number of ether oxygens (including phenoxy) is 1. The summed E-state index contributed by atoms with van der Waals surface area (Å²) < 4.78 is 45.4. The van der Waals surface area contributed by atoms with Crippen molar-refractivity contribution in [3.05, 3.63) is 83.7 Å². The molecule has 0 heterocycles. The standard InChI is InChI=1S/C25H22F3N5O3/c1-2-31-15-18(13-30)22(34)33-24(9-10-24)23(35)32-14-16-3-6-19(7-4-16)36-21-8-5-17(12-29)11-20(21)25(26,27)28/h2-8,11,13,15H,1,9-10,14,30H2,(H,32,35)(H,33,34)/b18-13+,31-15-. The zero-order valence-corrected chi connectivity index (χ0v) is 18.9. The summed E-state index contributed by atoms with van der Waals surface area (Å²) in [7, 11) is 0. The van der Waals surface area contributed by atoms with Gasteiger partial charge in [-0.2, -0.15) is 18.4 Å². The molecule has 8 nitrogen and oxygen atoms in total. The van der Waals surface area contributed by atoms with Crippen LogP contribution >= 0.6 is 0 Å². The molecule has 2 aromatic rings. The van der Waals surface area contributed by atoms with E-state index in [4.69, 9.17) is 15.7 Å². The molecule has 4 N–H and O–H groups in total. The largest absolute Gasteiger partial charge is 0.457 e. The van der Waals surface area contributed by atoms with Crippen LogP contribution in [0.3, 0.4) is 0 Å². The normalized spacial score (nSPS) is 14.6. The third kappa shape index (κ3) is 6.29. The second-order valence-electron chi connectivity index (χ2n) is 7.87. The summed E-state index contributed by atoms with van der Waals surface area (Å²) >= 11 is 0. The first-order valence-electron chi connectivity index (χ1n) is 10.7. The highest BCUT2D eigenvalue weighted by Gasteiger charge is 2.51. The maximum Gasteiger partial charge on any atom is 0.420 e. The van der Waals surface area contributed by atoms with E-state index in [1.165, 1.54) is 30.6 Å². The first-order chi connectivity index (χ1) is 17.1. The van der Waals surface area contributed by atoms with Gasteiger partial charge in [-0.1, -0.05) is 18.7 Å². The third-order valence-corrected chi connectivity index (χ3v) is 5.32. The number of rotatable bonds is 9. The van der Waals surface area contributed by atoms with Crippen LogP contribution in [0.5, 0.6) is 11.5 Å². The molecule has 0 saturated heterocycles. The fourth-order valence-corrected chi connectivity index (χ4v) is 3.20. The summed E-state index contributed by atoms with van der Waals surface area (Å²) in [5.74, 6) is -1.20. The molecular formula is C25H22F3N5O3. The van der Waals surface area contributed by atoms with Gasteiger partial charge in [-0.05, 0) is 48.7 Å². The molecule has 0 unspecified atom stereocenters. The van der Waals surface area contributed by atoms with Crippen molar-refractivity contribution in [2.24, 2.45) is 10.7 Å². The number of benzene rings is 2. The number of aliphatic imine (C=N–C) groups is 1. The lowest BCUT2D eigenvalue weighted by Crippen LogP contribution is -2.49. The van der Waals surface area contributed by atoms with Gasteiger partial charge >= 0.3 is 6.18 Å². The smallest absolute Gasteiger partial charge is 0.420 e. The minimum Gasteiger partial charge on any atom is -0.457 e. The van der Waals surface area contributed by atoms with E-state index >= 15 is 0 Å². The minimum absolute atomic E-state index is 0.0838. The van der Waals surface area contributed by atoms with Gasteiger partial charge in [0.1, 0.15) is 17.0 Å². The van der Waals surface area contributed by atoms with Gasteiger partial charge in [0.05, 0.1) is 22.8 Å². The molecular weight excluding hydrogens is 475 g/mol. The van der Waals surface area contributed by atoms with E-state index in [9.17, 15) is 22.8 Å². The summed E-state index contributed by atoms with van der Waals surface area (Å²) in [6.07, 6.45) is -0.225. The average molecular weight is 497 g/mol. The van der Waals surface area contributed by atoms with Crippen LogP contribution in [0.25, 0.3) is 0 Å². The van der Waals surface area contributed by atoms with E-state index in [1.54, 1.807) is 18.2 Å². The second-order valence-corrected chi connectivity index (χ2v) is 7.87. The molecule has 3 rings (SSSR count). The molecule has 0 spiro atoms. The van der Waals surface area contributed by atoms with E-state index in [-0.39, 0.29) is 29.3 Å². The van der Waals surface area contributed by atoms with Crippen molar-refractivity contribution in [2.45, 2.75) is 31.1 Å². The predicted molar refractivity (Wildman–Crippen MR) is 126 cm³/mol. The molecule has 1 aliphatic carbocycles. The highest BCUT2D eigenvalue weighted by molar-refractivity contribution is 6.13. The SMILES string of the molecule is C=C/N=C\C(=C/N)C(=O)NC1(C(=O)NCc2ccc(Oc3ccc(C#N)cc3C(F)(F)F)cc2)CC1. The van der Waals surface area contributed by atoms with Gasteiger partial charge in [0.2, 0.25) is 5.91 Å². The molecule has 0 aliphatic heterocycles. The van der Waals surface area contributed by atoms with Crippen molar-refractivity contribution in [2.75, 3.05) is 0 Å². The lowest BCUT2D eigenvalue weighted by molar-refractivity contribution is -0.138. The Kier molecular flexibility index (Phi) is 7.79. The number of hydrogen-bond donors (Lipinski definition) is 3. The number of carbonyl (C=O) groups is 2. The molecule has 0 radical (unpaired) electrons. The number of nitrogens with two attached hydrogens (primary N) is 1. The number of amides is 2. The predicted octanol–water partition coefficient (Wildman–Crippen LogP) is 3.69. The van der Waals surface area contributed by atoms with Gasteiger partial charge in [0.25, 0.3) is 5.91 Å².